The summed E-state index contributed by atoms with van der Waals surface area (Å²) in [6.07, 6.45) is 0. The van der Waals surface area contributed by atoms with Crippen molar-refractivity contribution in [3.05, 3.63) is 30.3 Å². The van der Waals surface area contributed by atoms with Gasteiger partial charge in [0.25, 0.3) is 0 Å². The van der Waals surface area contributed by atoms with Crippen LogP contribution in [0.5, 0.6) is 5.75 Å². The molecule has 4 heteroatoms. The maximum atomic E-state index is 11.6. The van der Waals surface area contributed by atoms with Crippen LogP contribution in [0.15, 0.2) is 30.3 Å². The molecule has 0 aromatic heterocycles. The molecule has 0 unspecified atom stereocenters. The van der Waals surface area contributed by atoms with Crippen LogP contribution in [-0.4, -0.2) is 13.8 Å². The fourth-order valence-electron chi connectivity index (χ4n) is 0.676. The maximum Gasteiger partial charge on any atom is 0.574 e. The molecule has 0 bridgehead atoms. The summed E-state index contributed by atoms with van der Waals surface area (Å²) in [5.74, 6) is 0.479. The molecule has 0 radical (unpaired) electrons. The van der Waals surface area contributed by atoms with Gasteiger partial charge in [-0.2, -0.15) is 0 Å². The summed E-state index contributed by atoms with van der Waals surface area (Å²) in [4.78, 5) is 0. The van der Waals surface area contributed by atoms with Gasteiger partial charge in [0, 0.05) is 0 Å². The van der Waals surface area contributed by atoms with Crippen molar-refractivity contribution in [3.63, 3.8) is 0 Å². The van der Waals surface area contributed by atoms with Gasteiger partial charge in [0.05, 0.1) is 0 Å². The third-order valence-electron chi connectivity index (χ3n) is 1.12. The van der Waals surface area contributed by atoms with Crippen LogP contribution in [0.3, 0.4) is 0 Å². The molecule has 58 valence electrons. The molecule has 1 aromatic carbocycles. The number of rotatable bonds is 3. The topological polar surface area (TPSA) is 9.23 Å². The molecule has 0 amide bonds. The van der Waals surface area contributed by atoms with Crippen LogP contribution >= 0.6 is 0 Å². The number of halogens is 2. The summed E-state index contributed by atoms with van der Waals surface area (Å²) in [5.41, 5.74) is 0. The first kappa shape index (κ1) is 8.05. The lowest BCUT2D eigenvalue weighted by Gasteiger charge is -2.01. The van der Waals surface area contributed by atoms with Crippen molar-refractivity contribution >= 4 is 7.27 Å². The third-order valence-corrected chi connectivity index (χ3v) is 1.12. The van der Waals surface area contributed by atoms with E-state index in [9.17, 15) is 8.63 Å². The van der Waals surface area contributed by atoms with Crippen LogP contribution in [0.2, 0.25) is 0 Å². The van der Waals surface area contributed by atoms with Gasteiger partial charge >= 0.3 is 7.27 Å². The van der Waals surface area contributed by atoms with Gasteiger partial charge in [0.1, 0.15) is 12.3 Å². The number of ether oxygens (including phenoxy) is 1. The Morgan fingerprint density at radius 1 is 1.18 bits per heavy atom. The molecule has 0 aliphatic heterocycles. The second-order valence-corrected chi connectivity index (χ2v) is 2.02. The van der Waals surface area contributed by atoms with E-state index in [2.05, 4.69) is 0 Å². The van der Waals surface area contributed by atoms with Crippen LogP contribution < -0.4 is 4.74 Å². The lowest BCUT2D eigenvalue weighted by atomic mass is 10.0. The second kappa shape index (κ2) is 3.96. The van der Waals surface area contributed by atoms with Gasteiger partial charge in [-0.1, -0.05) is 18.2 Å². The van der Waals surface area contributed by atoms with Gasteiger partial charge < -0.3 is 4.74 Å². The molecule has 0 fully saturated rings. The van der Waals surface area contributed by atoms with Crippen molar-refractivity contribution in [3.8, 4) is 5.75 Å². The Bertz CT molecular complexity index is 203. The average molecular weight is 156 g/mol. The summed E-state index contributed by atoms with van der Waals surface area (Å²) < 4.78 is 27.9. The third kappa shape index (κ3) is 3.02. The molecule has 0 aliphatic rings. The van der Waals surface area contributed by atoms with Crippen molar-refractivity contribution in [1.29, 1.82) is 0 Å². The SMILES string of the molecule is FB(F)COc1ccccc1. The molecule has 1 nitrogen and oxygen atoms in total. The lowest BCUT2D eigenvalue weighted by Crippen LogP contribution is -2.11. The van der Waals surface area contributed by atoms with E-state index in [1.54, 1.807) is 30.3 Å². The first-order valence-corrected chi connectivity index (χ1v) is 3.25. The zero-order chi connectivity index (χ0) is 8.10. The van der Waals surface area contributed by atoms with Gasteiger partial charge in [-0.15, -0.1) is 0 Å². The minimum Gasteiger partial charge on any atom is -0.495 e. The first-order valence-electron chi connectivity index (χ1n) is 3.25. The Kier molecular flexibility index (Phi) is 2.89. The normalized spacial score (nSPS) is 9.27. The smallest absolute Gasteiger partial charge is 0.495 e. The highest BCUT2D eigenvalue weighted by Gasteiger charge is 2.12. The maximum absolute atomic E-state index is 11.6. The van der Waals surface area contributed by atoms with E-state index in [1.807, 2.05) is 0 Å². The zero-order valence-corrected chi connectivity index (χ0v) is 5.84. The molecule has 0 aliphatic carbocycles. The van der Waals surface area contributed by atoms with E-state index in [4.69, 9.17) is 4.74 Å². The van der Waals surface area contributed by atoms with Crippen molar-refractivity contribution in [2.24, 2.45) is 0 Å². The van der Waals surface area contributed by atoms with Crippen molar-refractivity contribution in [2.45, 2.75) is 0 Å². The molecule has 0 saturated heterocycles. The zero-order valence-electron chi connectivity index (χ0n) is 5.84. The van der Waals surface area contributed by atoms with Gasteiger partial charge in [-0.05, 0) is 12.1 Å². The fraction of sp³-hybridized carbons (Fsp3) is 0.143. The molecular weight excluding hydrogens is 149 g/mol. The predicted octanol–water partition coefficient (Wildman–Crippen LogP) is 2.03. The summed E-state index contributed by atoms with van der Waals surface area (Å²) in [6.45, 7) is -0.538. The number of hydrogen-bond acceptors (Lipinski definition) is 1. The molecule has 0 heterocycles. The van der Waals surface area contributed by atoms with E-state index in [-0.39, 0.29) is 0 Å². The first-order chi connectivity index (χ1) is 5.29. The summed E-state index contributed by atoms with van der Waals surface area (Å²) in [7, 11) is -2.41. The Balaban J connectivity index is 2.39. The molecule has 0 saturated carbocycles. The molecule has 1 aromatic rings. The lowest BCUT2D eigenvalue weighted by molar-refractivity contribution is 0.357. The van der Waals surface area contributed by atoms with Crippen molar-refractivity contribution < 1.29 is 13.4 Å². The minimum absolute atomic E-state index is 0.479. The monoisotopic (exact) mass is 156 g/mol. The largest absolute Gasteiger partial charge is 0.574 e. The molecule has 0 N–H and O–H groups in total. The molecular formula is C7H7BF2O. The summed E-state index contributed by atoms with van der Waals surface area (Å²) in [5, 5.41) is 0. The van der Waals surface area contributed by atoms with Crippen LogP contribution in [0.1, 0.15) is 0 Å². The van der Waals surface area contributed by atoms with E-state index in [0.29, 0.717) is 5.75 Å². The minimum atomic E-state index is -2.41. The highest BCUT2D eigenvalue weighted by molar-refractivity contribution is 6.42. The van der Waals surface area contributed by atoms with Gasteiger partial charge in [-0.25, -0.2) is 0 Å². The van der Waals surface area contributed by atoms with E-state index < -0.39 is 13.8 Å². The highest BCUT2D eigenvalue weighted by Crippen LogP contribution is 2.08. The number of para-hydroxylation sites is 1. The van der Waals surface area contributed by atoms with Gasteiger partial charge in [0.15, 0.2) is 0 Å². The van der Waals surface area contributed by atoms with Crippen LogP contribution in [-0.2, 0) is 0 Å². The van der Waals surface area contributed by atoms with Gasteiger partial charge in [-0.3, -0.25) is 8.63 Å². The Labute approximate surface area is 64.2 Å². The van der Waals surface area contributed by atoms with E-state index in [1.165, 1.54) is 0 Å². The quantitative estimate of drug-likeness (QED) is 0.608. The Morgan fingerprint density at radius 2 is 1.82 bits per heavy atom. The average Bonchev–Trinajstić information content (AvgIpc) is 2.03. The Morgan fingerprint density at radius 3 is 2.36 bits per heavy atom. The molecule has 11 heavy (non-hydrogen) atoms. The van der Waals surface area contributed by atoms with Crippen molar-refractivity contribution in [1.82, 2.24) is 0 Å². The number of benzene rings is 1. The van der Waals surface area contributed by atoms with Crippen LogP contribution in [0.4, 0.5) is 8.63 Å². The van der Waals surface area contributed by atoms with Crippen LogP contribution in [0, 0.1) is 0 Å². The second-order valence-electron chi connectivity index (χ2n) is 2.02. The highest BCUT2D eigenvalue weighted by atomic mass is 19.2. The summed E-state index contributed by atoms with van der Waals surface area (Å²) >= 11 is 0. The predicted molar refractivity (Wildman–Crippen MR) is 39.9 cm³/mol. The van der Waals surface area contributed by atoms with Crippen molar-refractivity contribution in [2.75, 3.05) is 6.51 Å². The van der Waals surface area contributed by atoms with Crippen LogP contribution in [0.25, 0.3) is 0 Å². The summed E-state index contributed by atoms with van der Waals surface area (Å²) in [6, 6.07) is 8.56. The van der Waals surface area contributed by atoms with Gasteiger partial charge in [0.2, 0.25) is 0 Å². The standard InChI is InChI=1S/C7H7BF2O/c9-8(10)6-11-7-4-2-1-3-5-7/h1-5H,6H2. The number of hydrogen-bond donors (Lipinski definition) is 0. The molecule has 1 rings (SSSR count). The Hall–Kier alpha value is -1.06. The molecule has 0 spiro atoms. The fourth-order valence-corrected chi connectivity index (χ4v) is 0.676. The molecule has 0 atom stereocenters. The van der Waals surface area contributed by atoms with E-state index in [0.717, 1.165) is 0 Å². The van der Waals surface area contributed by atoms with E-state index >= 15 is 0 Å².